The second kappa shape index (κ2) is 9.67. The van der Waals surface area contributed by atoms with Gasteiger partial charge in [-0.15, -0.1) is 0 Å². The number of rotatable bonds is 10. The molecule has 0 heterocycles. The van der Waals surface area contributed by atoms with E-state index in [1.54, 1.807) is 26.4 Å². The van der Waals surface area contributed by atoms with Crippen LogP contribution in [0.25, 0.3) is 0 Å². The predicted octanol–water partition coefficient (Wildman–Crippen LogP) is 3.20. The molecule has 0 unspecified atom stereocenters. The van der Waals surface area contributed by atoms with Crippen molar-refractivity contribution in [1.29, 1.82) is 0 Å². The number of aromatic hydroxyl groups is 2. The van der Waals surface area contributed by atoms with Gasteiger partial charge in [0.25, 0.3) is 0 Å². The van der Waals surface area contributed by atoms with Crippen LogP contribution in [0, 0.1) is 0 Å². The van der Waals surface area contributed by atoms with Crippen molar-refractivity contribution in [2.24, 2.45) is 0 Å². The van der Waals surface area contributed by atoms with Gasteiger partial charge in [-0.25, -0.2) is 0 Å². The van der Waals surface area contributed by atoms with Gasteiger partial charge in [-0.2, -0.15) is 0 Å². The first-order valence-corrected chi connectivity index (χ1v) is 9.35. The lowest BCUT2D eigenvalue weighted by atomic mass is 9.75. The zero-order valence-electron chi connectivity index (χ0n) is 17.3. The van der Waals surface area contributed by atoms with Gasteiger partial charge in [0.15, 0.2) is 0 Å². The van der Waals surface area contributed by atoms with Gasteiger partial charge in [0.05, 0.1) is 13.2 Å². The topological polar surface area (TPSA) is 93.1 Å². The van der Waals surface area contributed by atoms with Crippen LogP contribution >= 0.6 is 0 Å². The average molecular weight is 400 g/mol. The van der Waals surface area contributed by atoms with Gasteiger partial charge in [-0.1, -0.05) is 26.0 Å². The van der Waals surface area contributed by atoms with Gasteiger partial charge in [-0.05, 0) is 23.3 Å². The molecule has 0 spiro atoms. The van der Waals surface area contributed by atoms with E-state index in [1.807, 2.05) is 26.0 Å². The highest BCUT2D eigenvalue weighted by molar-refractivity contribution is 5.64. The Kier molecular flexibility index (Phi) is 7.53. The van der Waals surface area contributed by atoms with Crippen molar-refractivity contribution in [2.45, 2.75) is 45.3 Å². The number of carbonyl (C=O) groups excluding carboxylic acids is 2. The number of hydrogen-bond donors (Lipinski definition) is 2. The molecule has 6 heteroatoms. The van der Waals surface area contributed by atoms with E-state index in [0.717, 1.165) is 23.7 Å². The molecule has 2 N–H and O–H groups in total. The molecule has 0 aliphatic heterocycles. The summed E-state index contributed by atoms with van der Waals surface area (Å²) in [6.45, 7) is 4.51. The van der Waals surface area contributed by atoms with Crippen LogP contribution in [0.4, 0.5) is 0 Å². The van der Waals surface area contributed by atoms with Crippen LogP contribution in [-0.4, -0.2) is 37.0 Å². The quantitative estimate of drug-likeness (QED) is 0.595. The SMILES string of the molecule is COCc1cc(C(C)(C)c2cc(CC=O)c(O)c(CC=O)c2)cc(COC)c1O. The lowest BCUT2D eigenvalue weighted by molar-refractivity contribution is -0.108. The van der Waals surface area contributed by atoms with E-state index in [0.29, 0.717) is 22.3 Å². The zero-order valence-corrected chi connectivity index (χ0v) is 17.3. The molecule has 0 fully saturated rings. The largest absolute Gasteiger partial charge is 0.507 e. The summed E-state index contributed by atoms with van der Waals surface area (Å²) < 4.78 is 10.4. The summed E-state index contributed by atoms with van der Waals surface area (Å²) in [6.07, 6.45) is 1.57. The summed E-state index contributed by atoms with van der Waals surface area (Å²) >= 11 is 0. The third-order valence-electron chi connectivity index (χ3n) is 5.19. The van der Waals surface area contributed by atoms with E-state index in [1.165, 1.54) is 0 Å². The predicted molar refractivity (Wildman–Crippen MR) is 109 cm³/mol. The molecule has 2 rings (SSSR count). The molecule has 29 heavy (non-hydrogen) atoms. The van der Waals surface area contributed by atoms with Crippen LogP contribution in [0.2, 0.25) is 0 Å². The van der Waals surface area contributed by atoms with Gasteiger partial charge in [-0.3, -0.25) is 0 Å². The molecular weight excluding hydrogens is 372 g/mol. The normalized spacial score (nSPS) is 11.4. The first-order chi connectivity index (χ1) is 13.8. The second-order valence-electron chi connectivity index (χ2n) is 7.52. The fourth-order valence-corrected chi connectivity index (χ4v) is 3.43. The number of benzene rings is 2. The Hall–Kier alpha value is -2.70. The lowest BCUT2D eigenvalue weighted by Gasteiger charge is -2.29. The summed E-state index contributed by atoms with van der Waals surface area (Å²) in [5.74, 6) is 0.122. The molecular formula is C23H28O6. The van der Waals surface area contributed by atoms with E-state index >= 15 is 0 Å². The summed E-state index contributed by atoms with van der Waals surface area (Å²) in [5, 5.41) is 20.9. The minimum Gasteiger partial charge on any atom is -0.507 e. The molecule has 0 saturated heterocycles. The van der Waals surface area contributed by atoms with E-state index in [4.69, 9.17) is 9.47 Å². The second-order valence-corrected chi connectivity index (χ2v) is 7.52. The maximum absolute atomic E-state index is 11.1. The van der Waals surface area contributed by atoms with Crippen LogP contribution in [0.15, 0.2) is 24.3 Å². The summed E-state index contributed by atoms with van der Waals surface area (Å²) in [4.78, 5) is 22.1. The van der Waals surface area contributed by atoms with Crippen molar-refractivity contribution < 1.29 is 29.3 Å². The third-order valence-corrected chi connectivity index (χ3v) is 5.19. The molecule has 0 atom stereocenters. The first kappa shape index (κ1) is 22.6. The first-order valence-electron chi connectivity index (χ1n) is 9.35. The molecule has 2 aromatic rings. The maximum atomic E-state index is 11.1. The van der Waals surface area contributed by atoms with Gasteiger partial charge in [0.2, 0.25) is 0 Å². The van der Waals surface area contributed by atoms with Gasteiger partial charge in [0.1, 0.15) is 24.1 Å². The molecule has 6 nitrogen and oxygen atoms in total. The number of aldehydes is 2. The molecule has 156 valence electrons. The smallest absolute Gasteiger partial charge is 0.126 e. The number of ether oxygens (including phenoxy) is 2. The Morgan fingerprint density at radius 2 is 1.10 bits per heavy atom. The zero-order chi connectivity index (χ0) is 21.6. The molecule has 0 radical (unpaired) electrons. The molecule has 0 aliphatic rings. The summed E-state index contributed by atoms with van der Waals surface area (Å²) in [6, 6.07) is 7.33. The Morgan fingerprint density at radius 3 is 1.45 bits per heavy atom. The fourth-order valence-electron chi connectivity index (χ4n) is 3.43. The summed E-state index contributed by atoms with van der Waals surface area (Å²) in [5.41, 5.74) is 3.47. The van der Waals surface area contributed by atoms with E-state index in [2.05, 4.69) is 0 Å². The van der Waals surface area contributed by atoms with Crippen LogP contribution in [-0.2, 0) is 50.5 Å². The number of carbonyl (C=O) groups is 2. The van der Waals surface area contributed by atoms with Crippen molar-refractivity contribution in [1.82, 2.24) is 0 Å². The lowest BCUT2D eigenvalue weighted by Crippen LogP contribution is -2.21. The van der Waals surface area contributed by atoms with Crippen LogP contribution in [0.3, 0.4) is 0 Å². The van der Waals surface area contributed by atoms with Crippen molar-refractivity contribution in [2.75, 3.05) is 14.2 Å². The van der Waals surface area contributed by atoms with E-state index < -0.39 is 5.41 Å². The fraction of sp³-hybridized carbons (Fsp3) is 0.391. The van der Waals surface area contributed by atoms with Crippen LogP contribution in [0.5, 0.6) is 11.5 Å². The minimum atomic E-state index is -0.540. The number of methoxy groups -OCH3 is 2. The van der Waals surface area contributed by atoms with E-state index in [9.17, 15) is 19.8 Å². The van der Waals surface area contributed by atoms with Gasteiger partial charge < -0.3 is 29.3 Å². The monoisotopic (exact) mass is 400 g/mol. The maximum Gasteiger partial charge on any atom is 0.126 e. The number of hydrogen-bond acceptors (Lipinski definition) is 6. The highest BCUT2D eigenvalue weighted by Crippen LogP contribution is 2.39. The molecule has 2 aromatic carbocycles. The van der Waals surface area contributed by atoms with E-state index in [-0.39, 0.29) is 37.6 Å². The Labute approximate surface area is 171 Å². The number of phenols is 2. The van der Waals surface area contributed by atoms with Crippen LogP contribution < -0.4 is 0 Å². The van der Waals surface area contributed by atoms with Crippen molar-refractivity contribution >= 4 is 12.6 Å². The van der Waals surface area contributed by atoms with Crippen molar-refractivity contribution in [3.63, 3.8) is 0 Å². The Bertz CT molecular complexity index is 827. The number of phenolic OH excluding ortho intramolecular Hbond substituents is 2. The molecule has 0 amide bonds. The Morgan fingerprint density at radius 1 is 0.759 bits per heavy atom. The van der Waals surface area contributed by atoms with Crippen LogP contribution in [0.1, 0.15) is 47.2 Å². The molecule has 0 saturated carbocycles. The minimum absolute atomic E-state index is 0.0189. The highest BCUT2D eigenvalue weighted by Gasteiger charge is 2.27. The highest BCUT2D eigenvalue weighted by atomic mass is 16.5. The Balaban J connectivity index is 2.67. The van der Waals surface area contributed by atoms with Crippen molar-refractivity contribution in [3.8, 4) is 11.5 Å². The average Bonchev–Trinajstić information content (AvgIpc) is 2.68. The van der Waals surface area contributed by atoms with Gasteiger partial charge in [0, 0.05) is 54.7 Å². The molecule has 0 aromatic heterocycles. The van der Waals surface area contributed by atoms with Gasteiger partial charge >= 0.3 is 0 Å². The van der Waals surface area contributed by atoms with Crippen molar-refractivity contribution in [3.05, 3.63) is 57.6 Å². The molecule has 0 aliphatic carbocycles. The molecule has 0 bridgehead atoms. The third kappa shape index (κ3) is 4.83. The standard InChI is InChI=1S/C23H28O6/c1-23(2,19-9-15(5-7-24)21(26)16(10-19)6-8-25)20-11-17(13-28-3)22(27)18(12-20)14-29-4/h7-12,26-27H,5-6,13-14H2,1-4H3. The summed E-state index contributed by atoms with van der Waals surface area (Å²) in [7, 11) is 3.12.